The van der Waals surface area contributed by atoms with Crippen LogP contribution in [0.5, 0.6) is 0 Å². The van der Waals surface area contributed by atoms with Crippen LogP contribution in [0.4, 0.5) is 0 Å². The molecule has 0 saturated heterocycles. The van der Waals surface area contributed by atoms with Crippen LogP contribution in [-0.4, -0.2) is 20.8 Å². The van der Waals surface area contributed by atoms with Crippen LogP contribution in [-0.2, 0) is 0 Å². The summed E-state index contributed by atoms with van der Waals surface area (Å²) in [6, 6.07) is 3.20. The lowest BCUT2D eigenvalue weighted by Gasteiger charge is -2.10. The van der Waals surface area contributed by atoms with E-state index in [0.29, 0.717) is 15.7 Å². The molecule has 98 valence electrons. The summed E-state index contributed by atoms with van der Waals surface area (Å²) in [5.74, 6) is -0.0502. The van der Waals surface area contributed by atoms with Gasteiger partial charge in [0.1, 0.15) is 10.9 Å². The first-order valence-electron chi connectivity index (χ1n) is 5.53. The van der Waals surface area contributed by atoms with Gasteiger partial charge in [0.2, 0.25) is 0 Å². The Balaban J connectivity index is 2.50. The fourth-order valence-corrected chi connectivity index (χ4v) is 2.71. The van der Waals surface area contributed by atoms with Gasteiger partial charge < -0.3 is 10.7 Å². The first-order chi connectivity index (χ1) is 8.97. The van der Waals surface area contributed by atoms with Crippen molar-refractivity contribution in [3.63, 3.8) is 0 Å². The van der Waals surface area contributed by atoms with Gasteiger partial charge in [-0.2, -0.15) is 0 Å². The van der Waals surface area contributed by atoms with Crippen molar-refractivity contribution >= 4 is 17.6 Å². The van der Waals surface area contributed by atoms with Crippen molar-refractivity contribution in [2.24, 2.45) is 5.73 Å². The summed E-state index contributed by atoms with van der Waals surface area (Å²) in [5.41, 5.74) is 7.63. The van der Waals surface area contributed by atoms with Crippen molar-refractivity contribution < 1.29 is 0 Å². The molecule has 2 rings (SSSR count). The number of hydrogen-bond donors (Lipinski definition) is 3. The van der Waals surface area contributed by atoms with Gasteiger partial charge in [0, 0.05) is 18.0 Å². The van der Waals surface area contributed by atoms with Crippen LogP contribution in [0.15, 0.2) is 33.3 Å². The molecule has 0 saturated carbocycles. The highest BCUT2D eigenvalue weighted by Crippen LogP contribution is 2.27. The van der Waals surface area contributed by atoms with Crippen molar-refractivity contribution in [3.05, 3.63) is 45.5 Å². The zero-order valence-corrected chi connectivity index (χ0v) is 11.3. The molecule has 0 fully saturated rings. The van der Waals surface area contributed by atoms with Gasteiger partial charge in [-0.05, 0) is 37.2 Å². The smallest absolute Gasteiger partial charge is 0.251 e. The van der Waals surface area contributed by atoms with Gasteiger partial charge in [0.25, 0.3) is 5.56 Å². The Labute approximate surface area is 114 Å². The second-order valence-electron chi connectivity index (χ2n) is 4.02. The summed E-state index contributed by atoms with van der Waals surface area (Å²) in [6.45, 7) is 3.73. The average molecular weight is 275 g/mol. The number of rotatable bonds is 3. The number of aryl methyl sites for hydroxylation is 2. The van der Waals surface area contributed by atoms with E-state index in [-0.39, 0.29) is 11.4 Å². The molecule has 0 aliphatic heterocycles. The van der Waals surface area contributed by atoms with Crippen LogP contribution >= 0.6 is 11.8 Å². The molecule has 4 N–H and O–H groups in total. The minimum absolute atomic E-state index is 0.0502. The number of nitrogens with zero attached hydrogens (tertiary/aromatic N) is 2. The van der Waals surface area contributed by atoms with E-state index in [1.165, 1.54) is 24.0 Å². The molecule has 0 bridgehead atoms. The number of pyridine rings is 1. The predicted octanol–water partition coefficient (Wildman–Crippen LogP) is 1.22. The van der Waals surface area contributed by atoms with E-state index in [9.17, 15) is 4.79 Å². The molecular weight excluding hydrogens is 262 g/mol. The van der Waals surface area contributed by atoms with Crippen molar-refractivity contribution in [2.75, 3.05) is 0 Å². The monoisotopic (exact) mass is 275 g/mol. The molecule has 6 nitrogen and oxygen atoms in total. The molecular formula is C12H13N5OS. The molecule has 19 heavy (non-hydrogen) atoms. The van der Waals surface area contributed by atoms with Gasteiger partial charge in [-0.15, -0.1) is 0 Å². The predicted molar refractivity (Wildman–Crippen MR) is 73.7 cm³/mol. The van der Waals surface area contributed by atoms with Crippen LogP contribution < -0.4 is 11.3 Å². The van der Waals surface area contributed by atoms with E-state index in [1.807, 2.05) is 19.9 Å². The fraction of sp³-hybridized carbons (Fsp3) is 0.167. The molecule has 2 aromatic heterocycles. The van der Waals surface area contributed by atoms with E-state index in [4.69, 9.17) is 11.1 Å². The SMILES string of the molecule is Cc1cc(C)c(C(=N)N)c(Sc2nccc(=O)[nH]2)n1. The highest BCUT2D eigenvalue weighted by molar-refractivity contribution is 7.99. The zero-order valence-electron chi connectivity index (χ0n) is 10.5. The van der Waals surface area contributed by atoms with Gasteiger partial charge in [-0.3, -0.25) is 10.2 Å². The van der Waals surface area contributed by atoms with Crippen molar-refractivity contribution in [2.45, 2.75) is 24.0 Å². The lowest BCUT2D eigenvalue weighted by Crippen LogP contribution is -2.16. The van der Waals surface area contributed by atoms with Gasteiger partial charge in [-0.25, -0.2) is 9.97 Å². The summed E-state index contributed by atoms with van der Waals surface area (Å²) in [5, 5.41) is 8.62. The number of aromatic amines is 1. The van der Waals surface area contributed by atoms with Gasteiger partial charge in [0.15, 0.2) is 5.16 Å². The number of amidine groups is 1. The standard InChI is InChI=1S/C12H13N5OS/c1-6-5-7(2)16-11(9(6)10(13)14)19-12-15-4-3-8(18)17-12/h3-5H,1-2H3,(H3,13,14)(H,15,17,18). The molecule has 0 aliphatic carbocycles. The summed E-state index contributed by atoms with van der Waals surface area (Å²) in [7, 11) is 0. The minimum Gasteiger partial charge on any atom is -0.384 e. The Morgan fingerprint density at radius 2 is 2.21 bits per heavy atom. The van der Waals surface area contributed by atoms with Gasteiger partial charge in [-0.1, -0.05) is 0 Å². The number of nitrogen functional groups attached to an aromatic ring is 1. The van der Waals surface area contributed by atoms with E-state index in [2.05, 4.69) is 15.0 Å². The number of H-pyrrole nitrogens is 1. The third kappa shape index (κ3) is 3.00. The van der Waals surface area contributed by atoms with E-state index in [0.717, 1.165) is 11.3 Å². The molecule has 7 heteroatoms. The lowest BCUT2D eigenvalue weighted by atomic mass is 10.1. The van der Waals surface area contributed by atoms with Crippen molar-refractivity contribution in [1.29, 1.82) is 5.41 Å². The Bertz CT molecular complexity index is 695. The molecule has 0 aromatic carbocycles. The van der Waals surface area contributed by atoms with Crippen LogP contribution in [0.1, 0.15) is 16.8 Å². The lowest BCUT2D eigenvalue weighted by molar-refractivity contribution is 0.927. The van der Waals surface area contributed by atoms with Crippen molar-refractivity contribution in [1.82, 2.24) is 15.0 Å². The molecule has 0 atom stereocenters. The maximum atomic E-state index is 11.2. The van der Waals surface area contributed by atoms with Gasteiger partial charge >= 0.3 is 0 Å². The minimum atomic E-state index is -0.230. The maximum absolute atomic E-state index is 11.2. The normalized spacial score (nSPS) is 10.4. The van der Waals surface area contributed by atoms with Crippen LogP contribution in [0.3, 0.4) is 0 Å². The zero-order chi connectivity index (χ0) is 14.0. The molecule has 0 radical (unpaired) electrons. The fourth-order valence-electron chi connectivity index (χ4n) is 1.70. The molecule has 2 aromatic rings. The first-order valence-corrected chi connectivity index (χ1v) is 6.35. The Kier molecular flexibility index (Phi) is 3.66. The highest BCUT2D eigenvalue weighted by Gasteiger charge is 2.13. The summed E-state index contributed by atoms with van der Waals surface area (Å²) in [4.78, 5) is 22.3. The summed E-state index contributed by atoms with van der Waals surface area (Å²) >= 11 is 1.19. The molecule has 0 unspecified atom stereocenters. The number of nitrogens with two attached hydrogens (primary N) is 1. The Morgan fingerprint density at radius 3 is 2.84 bits per heavy atom. The summed E-state index contributed by atoms with van der Waals surface area (Å²) < 4.78 is 0. The maximum Gasteiger partial charge on any atom is 0.251 e. The number of hydrogen-bond acceptors (Lipinski definition) is 5. The quantitative estimate of drug-likeness (QED) is 0.443. The second kappa shape index (κ2) is 5.23. The molecule has 0 aliphatic rings. The average Bonchev–Trinajstić information content (AvgIpc) is 2.26. The Morgan fingerprint density at radius 1 is 1.47 bits per heavy atom. The molecule has 2 heterocycles. The third-order valence-corrected chi connectivity index (χ3v) is 3.31. The topological polar surface area (TPSA) is 109 Å². The Hall–Kier alpha value is -2.15. The number of nitrogens with one attached hydrogen (secondary N) is 2. The highest BCUT2D eigenvalue weighted by atomic mass is 32.2. The third-order valence-electron chi connectivity index (χ3n) is 2.42. The first kappa shape index (κ1) is 13.3. The van der Waals surface area contributed by atoms with E-state index in [1.54, 1.807) is 0 Å². The van der Waals surface area contributed by atoms with Crippen molar-refractivity contribution in [3.8, 4) is 0 Å². The second-order valence-corrected chi connectivity index (χ2v) is 4.99. The van der Waals surface area contributed by atoms with Gasteiger partial charge in [0.05, 0.1) is 5.56 Å². The number of aromatic nitrogens is 3. The van der Waals surface area contributed by atoms with E-state index < -0.39 is 0 Å². The molecule has 0 amide bonds. The summed E-state index contributed by atoms with van der Waals surface area (Å²) in [6.07, 6.45) is 1.43. The van der Waals surface area contributed by atoms with Crippen LogP contribution in [0, 0.1) is 19.3 Å². The molecule has 0 spiro atoms. The van der Waals surface area contributed by atoms with Crippen LogP contribution in [0.25, 0.3) is 0 Å². The largest absolute Gasteiger partial charge is 0.384 e. The van der Waals surface area contributed by atoms with Crippen LogP contribution in [0.2, 0.25) is 0 Å². The van der Waals surface area contributed by atoms with E-state index >= 15 is 0 Å².